The van der Waals surface area contributed by atoms with Gasteiger partial charge in [-0.25, -0.2) is 57.5 Å². The Balaban J connectivity index is 0.000000662. The second kappa shape index (κ2) is 54.6. The van der Waals surface area contributed by atoms with E-state index in [-0.39, 0.29) is 160 Å². The number of carboxylic acids is 3. The van der Waals surface area contributed by atoms with E-state index >= 15 is 0 Å². The zero-order chi connectivity index (χ0) is 94.3. The number of nitrogens with zero attached hydrogens (tertiary/aromatic N) is 8. The minimum atomic E-state index is -1.52. The molecule has 4 aromatic rings. The zero-order valence-corrected chi connectivity index (χ0v) is 71.1. The summed E-state index contributed by atoms with van der Waals surface area (Å²) in [6, 6.07) is -1.10. The number of rotatable bonds is 54. The topological polar surface area (TPSA) is 693 Å². The molecule has 4 atom stereocenters. The number of amides is 8. The van der Waals surface area contributed by atoms with Gasteiger partial charge >= 0.3 is 60.1 Å². The molecule has 0 aliphatic rings. The molecule has 4 rings (SSSR count). The molecular weight excluding hydrogens is 1680 g/mol. The number of carbonyl (C=O) groups excluding carboxylic acids is 11. The predicted molar refractivity (Wildman–Crippen MR) is 439 cm³/mol. The Kier molecular flexibility index (Phi) is 46.1. The van der Waals surface area contributed by atoms with Crippen LogP contribution < -0.4 is 53.2 Å². The van der Waals surface area contributed by atoms with E-state index in [1.54, 1.807) is 62.3 Å². The maximum absolute atomic E-state index is 13.2. The number of nitro groups is 4. The number of nitro benzene ring substituents is 4. The molecular formula is C76H110N18O32. The first kappa shape index (κ1) is 106. The van der Waals surface area contributed by atoms with Crippen LogP contribution in [0, 0.1) is 40.5 Å². The predicted octanol–water partition coefficient (Wildman–Crippen LogP) is 4.99. The number of carbonyl (C=O) groups is 14. The van der Waals surface area contributed by atoms with Gasteiger partial charge in [0.05, 0.1) is 69.5 Å². The second-order valence-corrected chi connectivity index (χ2v) is 30.5. The van der Waals surface area contributed by atoms with Gasteiger partial charge < -0.3 is 102 Å². The van der Waals surface area contributed by atoms with Crippen molar-refractivity contribution in [2.75, 3.05) is 89.5 Å². The Labute approximate surface area is 721 Å². The Hall–Kier alpha value is -13.8. The maximum atomic E-state index is 13.2. The number of aromatic nitrogens is 4. The smallest absolute Gasteiger partial charge is 0.419 e. The van der Waals surface area contributed by atoms with E-state index in [0.29, 0.717) is 49.9 Å². The van der Waals surface area contributed by atoms with Crippen LogP contribution in [0.2, 0.25) is 0 Å². The first-order valence-electron chi connectivity index (χ1n) is 39.6. The molecule has 0 spiro atoms. The standard InChI is InChI=1S/C44H67N9O16.C32H43N9O16/c1-42(2,3)67-37(56)18-17-33(39(58)69-44(7,8)9)50-40(59)49-32(38(57)68-43(4,5)6)13-10-11-20-45-35(54)14-12-22-65-23-24-66-41(60)51-27-29(48-28-51)19-21-46-36(55)26-47-31-16-15-30(52(61)62)25-34(31)53(63)64;42-26(33-11-2-1-4-23(29(46)47)37-31(50)38-24(30(48)49)8-9-28(44)45)5-3-13-56-14-15-57-32(51)39-18-20(36-19-39)10-12-34-27(43)17-35-22-7-6-21(40(52)53)16-25(22)41(54)55/h15-16,25,27-28,32-33,47H,10-14,17-24,26H2,1-9H3,(H,45,54)(H,46,55)(H2,49,50,59);6-7,16,18-19,23-24,35H,1-5,8-15,17H2,(H,33,42)(H,34,43)(H,44,45)(H,46,47)(H,48,49)(H2,37,38,50)/t32-,33-;23-,24-/m00/s1. The lowest BCUT2D eigenvalue weighted by Crippen LogP contribution is -2.53. The SMILES string of the molecule is CC(C)(C)OC(=O)CC[C@H](NC(=O)N[C@@H](CCCCNC(=O)CCCOCCOC(=O)n1cnc(CCNC(=O)CNc2ccc([N+](=O)[O-])cc2[N+](=O)[O-])c1)C(=O)OC(C)(C)C)C(=O)OC(C)(C)C.O=C(O)CC[C@H](NC(=O)N[C@@H](CCCCNC(=O)CCCOCCOC(=O)n1cnc(CCNC(=O)CNc2ccc([N+](=O)[O-])cc2[N+](=O)[O-])c1)C(=O)O)C(=O)O. The van der Waals surface area contributed by atoms with Gasteiger partial charge in [-0.15, -0.1) is 0 Å². The lowest BCUT2D eigenvalue weighted by molar-refractivity contribution is -0.393. The number of ether oxygens (including phenoxy) is 7. The van der Waals surface area contributed by atoms with Gasteiger partial charge in [-0.05, 0) is 139 Å². The molecule has 0 saturated carbocycles. The number of urea groups is 2. The Morgan fingerprint density at radius 2 is 0.786 bits per heavy atom. The van der Waals surface area contributed by atoms with E-state index in [1.165, 1.54) is 25.0 Å². The largest absolute Gasteiger partial charge is 0.481 e. The number of non-ortho nitro benzene ring substituents is 2. The van der Waals surface area contributed by atoms with Crippen molar-refractivity contribution in [3.63, 3.8) is 0 Å². The van der Waals surface area contributed by atoms with Crippen LogP contribution in [-0.4, -0.2) is 258 Å². The fraction of sp³-hybridized carbons (Fsp3) is 0.579. The number of imidazole rings is 2. The average molecular weight is 1790 g/mol. The lowest BCUT2D eigenvalue weighted by Gasteiger charge is -2.27. The third kappa shape index (κ3) is 45.9. The number of unbranched alkanes of at least 4 members (excludes halogenated alkanes) is 2. The molecule has 13 N–H and O–H groups in total. The van der Waals surface area contributed by atoms with E-state index in [9.17, 15) is 113 Å². The fourth-order valence-corrected chi connectivity index (χ4v) is 10.6. The summed E-state index contributed by atoms with van der Waals surface area (Å²) in [7, 11) is 0. The quantitative estimate of drug-likeness (QED) is 0.00910. The highest BCUT2D eigenvalue weighted by Crippen LogP contribution is 2.30. The molecule has 8 amide bonds. The number of nitrogens with one attached hydrogen (secondary N) is 10. The highest BCUT2D eigenvalue weighted by atomic mass is 16.6. The molecule has 50 heteroatoms. The minimum absolute atomic E-state index is 0.0151. The summed E-state index contributed by atoms with van der Waals surface area (Å²) < 4.78 is 39.7. The summed E-state index contributed by atoms with van der Waals surface area (Å²) in [6.07, 6.45) is 5.84. The third-order valence-corrected chi connectivity index (χ3v) is 16.4. The highest BCUT2D eigenvalue weighted by molar-refractivity contribution is 5.89. The van der Waals surface area contributed by atoms with E-state index < -0.39 is 162 Å². The van der Waals surface area contributed by atoms with Gasteiger partial charge in [-0.1, -0.05) is 0 Å². The van der Waals surface area contributed by atoms with Crippen molar-refractivity contribution in [1.82, 2.24) is 61.6 Å². The van der Waals surface area contributed by atoms with Crippen molar-refractivity contribution in [1.29, 1.82) is 0 Å². The Bertz CT molecular complexity index is 4380. The molecule has 0 aliphatic heterocycles. The van der Waals surface area contributed by atoms with Crippen LogP contribution >= 0.6 is 0 Å². The van der Waals surface area contributed by atoms with Crippen LogP contribution in [0.25, 0.3) is 0 Å². The molecule has 0 fully saturated rings. The molecule has 0 aliphatic carbocycles. The summed E-state index contributed by atoms with van der Waals surface area (Å²) >= 11 is 0. The molecule has 50 nitrogen and oxygen atoms in total. The zero-order valence-electron chi connectivity index (χ0n) is 71.1. The maximum Gasteiger partial charge on any atom is 0.419 e. The fourth-order valence-electron chi connectivity index (χ4n) is 10.6. The Morgan fingerprint density at radius 1 is 0.421 bits per heavy atom. The van der Waals surface area contributed by atoms with Gasteiger partial charge in [0.1, 0.15) is 78.2 Å². The summed E-state index contributed by atoms with van der Waals surface area (Å²) in [6.45, 7) is 15.6. The first-order valence-corrected chi connectivity index (χ1v) is 39.6. The molecule has 0 unspecified atom stereocenters. The number of hydrogen-bond acceptors (Lipinski definition) is 33. The van der Waals surface area contributed by atoms with Crippen LogP contribution in [0.1, 0.15) is 164 Å². The van der Waals surface area contributed by atoms with E-state index in [2.05, 4.69) is 57.8 Å². The van der Waals surface area contributed by atoms with Crippen molar-refractivity contribution in [3.8, 4) is 0 Å². The first-order chi connectivity index (χ1) is 59.2. The summed E-state index contributed by atoms with van der Waals surface area (Å²) in [5, 5.41) is 96.6. The number of carboxylic acid groups (broad SMARTS) is 3. The number of hydrogen-bond donors (Lipinski definition) is 13. The lowest BCUT2D eigenvalue weighted by atomic mass is 10.1. The number of aliphatic carboxylic acids is 3. The van der Waals surface area contributed by atoms with Crippen LogP contribution in [0.5, 0.6) is 0 Å². The highest BCUT2D eigenvalue weighted by Gasteiger charge is 2.33. The summed E-state index contributed by atoms with van der Waals surface area (Å²) in [4.78, 5) is 220. The Morgan fingerprint density at radius 3 is 1.16 bits per heavy atom. The van der Waals surface area contributed by atoms with Gasteiger partial charge in [0.25, 0.3) is 22.7 Å². The number of anilines is 2. The molecule has 696 valence electrons. The van der Waals surface area contributed by atoms with E-state index in [1.807, 2.05) is 5.32 Å². The van der Waals surface area contributed by atoms with Crippen LogP contribution in [0.3, 0.4) is 0 Å². The second-order valence-electron chi connectivity index (χ2n) is 30.5. The molecule has 2 aromatic carbocycles. The van der Waals surface area contributed by atoms with E-state index in [4.69, 9.17) is 43.4 Å². The monoisotopic (exact) mass is 1790 g/mol. The van der Waals surface area contributed by atoms with E-state index in [0.717, 1.165) is 45.5 Å². The van der Waals surface area contributed by atoms with Crippen LogP contribution in [-0.2, 0) is 93.9 Å². The molecule has 2 aromatic heterocycles. The van der Waals surface area contributed by atoms with Crippen molar-refractivity contribution in [2.24, 2.45) is 0 Å². The van der Waals surface area contributed by atoms with Crippen LogP contribution in [0.4, 0.5) is 53.3 Å². The molecule has 0 saturated heterocycles. The normalized spacial score (nSPS) is 12.0. The van der Waals surface area contributed by atoms with Crippen molar-refractivity contribution in [2.45, 2.75) is 206 Å². The molecule has 126 heavy (non-hydrogen) atoms. The molecule has 2 heterocycles. The van der Waals surface area contributed by atoms with Gasteiger partial charge in [-0.3, -0.25) is 69.2 Å². The van der Waals surface area contributed by atoms with Gasteiger partial charge in [0.15, 0.2) is 0 Å². The van der Waals surface area contributed by atoms with Gasteiger partial charge in [-0.2, -0.15) is 0 Å². The number of benzene rings is 2. The van der Waals surface area contributed by atoms with Crippen molar-refractivity contribution >= 4 is 118 Å². The van der Waals surface area contributed by atoms with Gasteiger partial charge in [0, 0.05) is 102 Å². The molecule has 0 bridgehead atoms. The minimum Gasteiger partial charge on any atom is -0.481 e. The summed E-state index contributed by atoms with van der Waals surface area (Å²) in [5.74, 6) is -7.64. The average Bonchev–Trinajstić information content (AvgIpc) is 1.18. The third-order valence-electron chi connectivity index (χ3n) is 16.4. The molecule has 0 radical (unpaired) electrons. The van der Waals surface area contributed by atoms with Crippen molar-refractivity contribution < 1.29 is 135 Å². The summed E-state index contributed by atoms with van der Waals surface area (Å²) in [5.41, 5.74) is -3.74. The van der Waals surface area contributed by atoms with Crippen LogP contribution in [0.15, 0.2) is 61.4 Å². The van der Waals surface area contributed by atoms with Gasteiger partial charge in [0.2, 0.25) is 23.6 Å². The number of esters is 3. The van der Waals surface area contributed by atoms with Crippen molar-refractivity contribution in [3.05, 3.63) is 113 Å².